The molecule has 1 saturated heterocycles. The van der Waals surface area contributed by atoms with E-state index in [2.05, 4.69) is 5.32 Å². The van der Waals surface area contributed by atoms with Gasteiger partial charge in [-0.25, -0.2) is 4.79 Å². The number of nitrogens with one attached hydrogen (secondary N) is 2. The predicted octanol–water partition coefficient (Wildman–Crippen LogP) is 0.577. The van der Waals surface area contributed by atoms with Gasteiger partial charge in [0.25, 0.3) is 5.91 Å². The van der Waals surface area contributed by atoms with Gasteiger partial charge in [-0.15, -0.1) is 0 Å². The smallest absolute Gasteiger partial charge is 0.326 e. The van der Waals surface area contributed by atoms with Crippen molar-refractivity contribution in [2.45, 2.75) is 46.0 Å². The van der Waals surface area contributed by atoms with Crippen molar-refractivity contribution in [2.75, 3.05) is 19.7 Å². The molecule has 0 radical (unpaired) electrons. The molecule has 0 spiro atoms. The molecule has 5 amide bonds. The fourth-order valence-corrected chi connectivity index (χ4v) is 3.39. The number of imide groups is 2. The van der Waals surface area contributed by atoms with Crippen LogP contribution in [-0.2, 0) is 23.9 Å². The second kappa shape index (κ2) is 9.48. The molecular formula is C18H27N3O6. The number of carbonyl (C=O) groups excluding carboxylic acids is 5. The first-order chi connectivity index (χ1) is 12.8. The molecule has 27 heavy (non-hydrogen) atoms. The van der Waals surface area contributed by atoms with Crippen LogP contribution in [-0.4, -0.2) is 54.3 Å². The molecule has 2 fully saturated rings. The summed E-state index contributed by atoms with van der Waals surface area (Å²) in [4.78, 5) is 60.5. The molecule has 0 aromatic rings. The van der Waals surface area contributed by atoms with Gasteiger partial charge in [0.05, 0.1) is 11.8 Å². The molecule has 2 N–H and O–H groups in total. The Morgan fingerprint density at radius 3 is 2.26 bits per heavy atom. The average Bonchev–Trinajstić information content (AvgIpc) is 2.85. The summed E-state index contributed by atoms with van der Waals surface area (Å²) >= 11 is 0. The van der Waals surface area contributed by atoms with Crippen molar-refractivity contribution in [1.82, 2.24) is 15.5 Å². The number of hydrogen-bond acceptors (Lipinski definition) is 6. The van der Waals surface area contributed by atoms with Crippen molar-refractivity contribution in [1.29, 1.82) is 0 Å². The normalized spacial score (nSPS) is 21.8. The van der Waals surface area contributed by atoms with E-state index in [9.17, 15) is 24.0 Å². The van der Waals surface area contributed by atoms with E-state index in [0.29, 0.717) is 25.3 Å². The minimum absolute atomic E-state index is 0.336. The summed E-state index contributed by atoms with van der Waals surface area (Å²) in [7, 11) is 0. The van der Waals surface area contributed by atoms with Gasteiger partial charge in [-0.2, -0.15) is 0 Å². The Morgan fingerprint density at radius 2 is 1.70 bits per heavy atom. The zero-order valence-electron chi connectivity index (χ0n) is 15.8. The van der Waals surface area contributed by atoms with Gasteiger partial charge in [0.2, 0.25) is 11.8 Å². The highest BCUT2D eigenvalue weighted by Crippen LogP contribution is 2.37. The lowest BCUT2D eigenvalue weighted by atomic mass is 9.81. The fraction of sp³-hybridized carbons (Fsp3) is 0.722. The number of rotatable bonds is 7. The van der Waals surface area contributed by atoms with Gasteiger partial charge in [-0.1, -0.05) is 26.7 Å². The number of esters is 1. The third-order valence-corrected chi connectivity index (χ3v) is 4.84. The Morgan fingerprint density at radius 1 is 1.11 bits per heavy atom. The summed E-state index contributed by atoms with van der Waals surface area (Å²) in [6.45, 7) is 3.29. The molecule has 9 nitrogen and oxygen atoms in total. The van der Waals surface area contributed by atoms with Crippen molar-refractivity contribution >= 4 is 29.7 Å². The van der Waals surface area contributed by atoms with Crippen LogP contribution >= 0.6 is 0 Å². The van der Waals surface area contributed by atoms with Gasteiger partial charge in [0, 0.05) is 6.54 Å². The summed E-state index contributed by atoms with van der Waals surface area (Å²) in [5, 5.41) is 4.57. The summed E-state index contributed by atoms with van der Waals surface area (Å²) in [6, 6.07) is -0.661. The van der Waals surface area contributed by atoms with E-state index < -0.39 is 31.1 Å². The second-order valence-corrected chi connectivity index (χ2v) is 7.41. The average molecular weight is 381 g/mol. The molecule has 2 unspecified atom stereocenters. The molecule has 9 heteroatoms. The minimum atomic E-state index is -0.856. The summed E-state index contributed by atoms with van der Waals surface area (Å²) < 4.78 is 4.78. The molecule has 1 aliphatic heterocycles. The van der Waals surface area contributed by atoms with Crippen LogP contribution < -0.4 is 10.6 Å². The predicted molar refractivity (Wildman–Crippen MR) is 94.1 cm³/mol. The van der Waals surface area contributed by atoms with Gasteiger partial charge >= 0.3 is 12.0 Å². The molecular weight excluding hydrogens is 354 g/mol. The molecule has 2 atom stereocenters. The minimum Gasteiger partial charge on any atom is -0.454 e. The van der Waals surface area contributed by atoms with E-state index in [1.54, 1.807) is 0 Å². The zero-order valence-corrected chi connectivity index (χ0v) is 15.8. The van der Waals surface area contributed by atoms with Crippen LogP contribution in [0, 0.1) is 17.8 Å². The Bertz CT molecular complexity index is 594. The van der Waals surface area contributed by atoms with Gasteiger partial charge in [0.15, 0.2) is 6.61 Å². The highest BCUT2D eigenvalue weighted by Gasteiger charge is 2.48. The highest BCUT2D eigenvalue weighted by molar-refractivity contribution is 6.07. The van der Waals surface area contributed by atoms with Gasteiger partial charge in [-0.3, -0.25) is 29.4 Å². The van der Waals surface area contributed by atoms with E-state index in [4.69, 9.17) is 4.74 Å². The Labute approximate surface area is 158 Å². The number of ether oxygens (including phenoxy) is 1. The third kappa shape index (κ3) is 5.77. The van der Waals surface area contributed by atoms with Crippen molar-refractivity contribution in [3.63, 3.8) is 0 Å². The van der Waals surface area contributed by atoms with Crippen LogP contribution in [0.3, 0.4) is 0 Å². The largest absolute Gasteiger partial charge is 0.454 e. The van der Waals surface area contributed by atoms with E-state index in [1.165, 1.54) is 0 Å². The van der Waals surface area contributed by atoms with Crippen LogP contribution in [0.2, 0.25) is 0 Å². The van der Waals surface area contributed by atoms with E-state index in [0.717, 1.165) is 24.2 Å². The Kier molecular flexibility index (Phi) is 7.32. The van der Waals surface area contributed by atoms with E-state index in [-0.39, 0.29) is 23.7 Å². The number of nitrogens with zero attached hydrogens (tertiary/aromatic N) is 1. The summed E-state index contributed by atoms with van der Waals surface area (Å²) in [5.41, 5.74) is 0. The first-order valence-corrected chi connectivity index (χ1v) is 9.38. The maximum absolute atomic E-state index is 12.3. The lowest BCUT2D eigenvalue weighted by molar-refractivity contribution is -0.154. The van der Waals surface area contributed by atoms with E-state index in [1.807, 2.05) is 19.2 Å². The SMILES string of the molecule is CC(C)CCNC(=O)NC(=O)COC(=O)CN1C(=O)C2CCCCC2C1=O. The molecule has 0 aromatic carbocycles. The van der Waals surface area contributed by atoms with Crippen molar-refractivity contribution in [3.05, 3.63) is 0 Å². The molecule has 0 bridgehead atoms. The maximum atomic E-state index is 12.3. The van der Waals surface area contributed by atoms with Crippen molar-refractivity contribution < 1.29 is 28.7 Å². The monoisotopic (exact) mass is 381 g/mol. The first kappa shape index (κ1) is 20.9. The molecule has 0 aromatic heterocycles. The highest BCUT2D eigenvalue weighted by atomic mass is 16.5. The quantitative estimate of drug-likeness (QED) is 0.491. The zero-order chi connectivity index (χ0) is 20.0. The number of likely N-dealkylation sites (tertiary alicyclic amines) is 1. The molecule has 150 valence electrons. The van der Waals surface area contributed by atoms with Crippen LogP contribution in [0.1, 0.15) is 46.0 Å². The fourth-order valence-electron chi connectivity index (χ4n) is 3.39. The van der Waals surface area contributed by atoms with Crippen LogP contribution in [0.15, 0.2) is 0 Å². The maximum Gasteiger partial charge on any atom is 0.326 e. The molecule has 1 aliphatic carbocycles. The Balaban J connectivity index is 1.71. The summed E-state index contributed by atoms with van der Waals surface area (Å²) in [5.74, 6) is -2.56. The van der Waals surface area contributed by atoms with Crippen LogP contribution in [0.4, 0.5) is 4.79 Å². The standard InChI is InChI=1S/C18H27N3O6/c1-11(2)7-8-19-18(26)20-14(22)10-27-15(23)9-21-16(24)12-5-3-4-6-13(12)17(21)25/h11-13H,3-10H2,1-2H3,(H2,19,20,22,26). The van der Waals surface area contributed by atoms with Gasteiger partial charge < -0.3 is 10.1 Å². The lowest BCUT2D eigenvalue weighted by Crippen LogP contribution is -2.42. The molecule has 1 saturated carbocycles. The van der Waals surface area contributed by atoms with Crippen LogP contribution in [0.25, 0.3) is 0 Å². The molecule has 1 heterocycles. The molecule has 2 aliphatic rings. The van der Waals surface area contributed by atoms with Gasteiger partial charge in [-0.05, 0) is 25.2 Å². The van der Waals surface area contributed by atoms with E-state index >= 15 is 0 Å². The Hall–Kier alpha value is -2.45. The first-order valence-electron chi connectivity index (χ1n) is 9.38. The van der Waals surface area contributed by atoms with Crippen molar-refractivity contribution in [2.24, 2.45) is 17.8 Å². The number of amides is 5. The lowest BCUT2D eigenvalue weighted by Gasteiger charge is -2.19. The third-order valence-electron chi connectivity index (χ3n) is 4.84. The number of fused-ring (bicyclic) bond motifs is 1. The van der Waals surface area contributed by atoms with Crippen LogP contribution in [0.5, 0.6) is 0 Å². The number of carbonyl (C=O) groups is 5. The molecule has 2 rings (SSSR count). The van der Waals surface area contributed by atoms with Gasteiger partial charge in [0.1, 0.15) is 6.54 Å². The van der Waals surface area contributed by atoms with Crippen molar-refractivity contribution in [3.8, 4) is 0 Å². The topological polar surface area (TPSA) is 122 Å². The number of urea groups is 1. The summed E-state index contributed by atoms with van der Waals surface area (Å²) in [6.07, 6.45) is 3.90. The second-order valence-electron chi connectivity index (χ2n) is 7.41. The number of hydrogen-bond donors (Lipinski definition) is 2.